The van der Waals surface area contributed by atoms with Gasteiger partial charge in [0.25, 0.3) is 5.91 Å². The second-order valence-electron chi connectivity index (χ2n) is 5.02. The molecule has 0 bridgehead atoms. The molecule has 2 N–H and O–H groups in total. The first-order valence-corrected chi connectivity index (χ1v) is 5.42. The molecular formula is C13H19NO2. The van der Waals surface area contributed by atoms with Gasteiger partial charge in [-0.05, 0) is 24.0 Å². The van der Waals surface area contributed by atoms with Gasteiger partial charge in [0, 0.05) is 0 Å². The number of hydrogen-bond acceptors (Lipinski definition) is 2. The number of para-hydroxylation sites is 1. The fourth-order valence-corrected chi connectivity index (χ4v) is 1.26. The van der Waals surface area contributed by atoms with Crippen molar-refractivity contribution in [3.63, 3.8) is 0 Å². The van der Waals surface area contributed by atoms with E-state index in [0.29, 0.717) is 17.9 Å². The number of carbonyl (C=O) groups excluding carboxylic acids is 1. The average Bonchev–Trinajstić information content (AvgIpc) is 2.16. The van der Waals surface area contributed by atoms with Crippen molar-refractivity contribution in [2.45, 2.75) is 27.2 Å². The van der Waals surface area contributed by atoms with Crippen LogP contribution in [0.25, 0.3) is 0 Å². The Morgan fingerprint density at radius 3 is 2.50 bits per heavy atom. The average molecular weight is 221 g/mol. The van der Waals surface area contributed by atoms with Gasteiger partial charge in [0.05, 0.1) is 12.2 Å². The molecule has 0 aliphatic heterocycles. The van der Waals surface area contributed by atoms with Gasteiger partial charge in [-0.15, -0.1) is 0 Å². The Balaban J connectivity index is 2.64. The number of ether oxygens (including phenoxy) is 1. The summed E-state index contributed by atoms with van der Waals surface area (Å²) in [7, 11) is 0. The Kier molecular flexibility index (Phi) is 3.93. The normalized spacial score (nSPS) is 11.2. The minimum absolute atomic E-state index is 0.224. The molecule has 1 aromatic rings. The molecule has 0 fully saturated rings. The molecule has 3 heteroatoms. The second-order valence-corrected chi connectivity index (χ2v) is 5.02. The lowest BCUT2D eigenvalue weighted by molar-refractivity contribution is 0.0996. The fourth-order valence-electron chi connectivity index (χ4n) is 1.26. The van der Waals surface area contributed by atoms with E-state index in [2.05, 4.69) is 20.8 Å². The number of hydrogen-bond donors (Lipinski definition) is 1. The van der Waals surface area contributed by atoms with Crippen LogP contribution in [0.3, 0.4) is 0 Å². The summed E-state index contributed by atoms with van der Waals surface area (Å²) in [5, 5.41) is 0. The summed E-state index contributed by atoms with van der Waals surface area (Å²) in [5.41, 5.74) is 5.92. The van der Waals surface area contributed by atoms with Gasteiger partial charge in [-0.25, -0.2) is 0 Å². The van der Waals surface area contributed by atoms with Crippen LogP contribution in [0.4, 0.5) is 0 Å². The van der Waals surface area contributed by atoms with Gasteiger partial charge >= 0.3 is 0 Å². The number of primary amides is 1. The molecule has 0 saturated heterocycles. The number of rotatable bonds is 4. The summed E-state index contributed by atoms with van der Waals surface area (Å²) in [6.45, 7) is 7.04. The van der Waals surface area contributed by atoms with E-state index in [0.717, 1.165) is 6.42 Å². The molecule has 0 heterocycles. The lowest BCUT2D eigenvalue weighted by Crippen LogP contribution is -2.15. The molecule has 0 aromatic heterocycles. The summed E-state index contributed by atoms with van der Waals surface area (Å²) in [6, 6.07) is 7.05. The molecule has 1 aromatic carbocycles. The molecule has 16 heavy (non-hydrogen) atoms. The number of amides is 1. The van der Waals surface area contributed by atoms with E-state index in [-0.39, 0.29) is 5.41 Å². The van der Waals surface area contributed by atoms with Crippen molar-refractivity contribution < 1.29 is 9.53 Å². The Hall–Kier alpha value is -1.51. The van der Waals surface area contributed by atoms with Gasteiger partial charge in [0.1, 0.15) is 5.75 Å². The van der Waals surface area contributed by atoms with Crippen molar-refractivity contribution in [1.82, 2.24) is 0 Å². The summed E-state index contributed by atoms with van der Waals surface area (Å²) < 4.78 is 5.57. The molecule has 1 rings (SSSR count). The Morgan fingerprint density at radius 1 is 1.31 bits per heavy atom. The number of carbonyl (C=O) groups is 1. The highest BCUT2D eigenvalue weighted by atomic mass is 16.5. The van der Waals surface area contributed by atoms with Crippen LogP contribution in [0, 0.1) is 5.41 Å². The van der Waals surface area contributed by atoms with E-state index in [1.165, 1.54) is 0 Å². The molecule has 88 valence electrons. The van der Waals surface area contributed by atoms with Gasteiger partial charge in [-0.3, -0.25) is 4.79 Å². The molecule has 0 atom stereocenters. The van der Waals surface area contributed by atoms with Crippen LogP contribution in [-0.2, 0) is 0 Å². The highest BCUT2D eigenvalue weighted by Crippen LogP contribution is 2.21. The molecule has 0 aliphatic carbocycles. The zero-order chi connectivity index (χ0) is 12.2. The smallest absolute Gasteiger partial charge is 0.252 e. The maximum atomic E-state index is 11.1. The second kappa shape index (κ2) is 5.01. The molecule has 0 saturated carbocycles. The molecule has 1 amide bonds. The van der Waals surface area contributed by atoms with Crippen LogP contribution in [0.5, 0.6) is 5.75 Å². The Labute approximate surface area is 96.6 Å². The van der Waals surface area contributed by atoms with Gasteiger partial charge in [0.2, 0.25) is 0 Å². The zero-order valence-electron chi connectivity index (χ0n) is 10.1. The molecule has 0 aliphatic rings. The predicted molar refractivity (Wildman–Crippen MR) is 64.5 cm³/mol. The zero-order valence-corrected chi connectivity index (χ0v) is 10.1. The van der Waals surface area contributed by atoms with Crippen LogP contribution >= 0.6 is 0 Å². The van der Waals surface area contributed by atoms with E-state index in [4.69, 9.17) is 10.5 Å². The third-order valence-electron chi connectivity index (χ3n) is 2.26. The van der Waals surface area contributed by atoms with Gasteiger partial charge in [0.15, 0.2) is 0 Å². The molecule has 0 unspecified atom stereocenters. The van der Waals surface area contributed by atoms with Gasteiger partial charge in [-0.1, -0.05) is 32.9 Å². The van der Waals surface area contributed by atoms with E-state index < -0.39 is 5.91 Å². The third-order valence-corrected chi connectivity index (χ3v) is 2.26. The third kappa shape index (κ3) is 3.93. The summed E-state index contributed by atoms with van der Waals surface area (Å²) >= 11 is 0. The van der Waals surface area contributed by atoms with E-state index in [1.807, 2.05) is 6.07 Å². The van der Waals surface area contributed by atoms with Crippen molar-refractivity contribution in [1.29, 1.82) is 0 Å². The SMILES string of the molecule is CC(C)(C)CCOc1ccccc1C(N)=O. The first kappa shape index (κ1) is 12.6. The van der Waals surface area contributed by atoms with Crippen molar-refractivity contribution in [3.05, 3.63) is 29.8 Å². The summed E-state index contributed by atoms with van der Waals surface area (Å²) in [4.78, 5) is 11.1. The largest absolute Gasteiger partial charge is 0.493 e. The topological polar surface area (TPSA) is 52.3 Å². The minimum atomic E-state index is -0.452. The van der Waals surface area contributed by atoms with Gasteiger partial charge in [-0.2, -0.15) is 0 Å². The van der Waals surface area contributed by atoms with Crippen molar-refractivity contribution in [2.75, 3.05) is 6.61 Å². The number of nitrogens with two attached hydrogens (primary N) is 1. The first-order chi connectivity index (χ1) is 7.40. The van der Waals surface area contributed by atoms with Gasteiger partial charge < -0.3 is 10.5 Å². The molecule has 3 nitrogen and oxygen atoms in total. The van der Waals surface area contributed by atoms with Crippen LogP contribution < -0.4 is 10.5 Å². The predicted octanol–water partition coefficient (Wildman–Crippen LogP) is 2.60. The Morgan fingerprint density at radius 2 is 1.94 bits per heavy atom. The van der Waals surface area contributed by atoms with E-state index in [1.54, 1.807) is 18.2 Å². The monoisotopic (exact) mass is 221 g/mol. The van der Waals surface area contributed by atoms with Crippen molar-refractivity contribution >= 4 is 5.91 Å². The highest BCUT2D eigenvalue weighted by Gasteiger charge is 2.12. The first-order valence-electron chi connectivity index (χ1n) is 5.42. The summed E-state index contributed by atoms with van der Waals surface area (Å²) in [5.74, 6) is 0.116. The molecule has 0 spiro atoms. The number of benzene rings is 1. The van der Waals surface area contributed by atoms with Crippen molar-refractivity contribution in [2.24, 2.45) is 11.1 Å². The lowest BCUT2D eigenvalue weighted by atomic mass is 9.93. The standard InChI is InChI=1S/C13H19NO2/c1-13(2,3)8-9-16-11-7-5-4-6-10(11)12(14)15/h4-7H,8-9H2,1-3H3,(H2,14,15). The quantitative estimate of drug-likeness (QED) is 0.849. The van der Waals surface area contributed by atoms with Crippen LogP contribution in [0.2, 0.25) is 0 Å². The van der Waals surface area contributed by atoms with E-state index in [9.17, 15) is 4.79 Å². The molecule has 0 radical (unpaired) electrons. The summed E-state index contributed by atoms with van der Waals surface area (Å²) in [6.07, 6.45) is 0.931. The minimum Gasteiger partial charge on any atom is -0.493 e. The van der Waals surface area contributed by atoms with Crippen LogP contribution in [-0.4, -0.2) is 12.5 Å². The fraction of sp³-hybridized carbons (Fsp3) is 0.462. The lowest BCUT2D eigenvalue weighted by Gasteiger charge is -2.18. The van der Waals surface area contributed by atoms with Crippen LogP contribution in [0.1, 0.15) is 37.6 Å². The highest BCUT2D eigenvalue weighted by molar-refractivity contribution is 5.95. The van der Waals surface area contributed by atoms with Crippen LogP contribution in [0.15, 0.2) is 24.3 Å². The maximum Gasteiger partial charge on any atom is 0.252 e. The maximum absolute atomic E-state index is 11.1. The molecular weight excluding hydrogens is 202 g/mol. The Bertz CT molecular complexity index is 366. The van der Waals surface area contributed by atoms with Crippen molar-refractivity contribution in [3.8, 4) is 5.75 Å². The van der Waals surface area contributed by atoms with E-state index >= 15 is 0 Å².